The van der Waals surface area contributed by atoms with Gasteiger partial charge in [0.05, 0.1) is 27.9 Å². The number of hydrogen-bond donors (Lipinski definition) is 0. The summed E-state index contributed by atoms with van der Waals surface area (Å²) in [6, 6.07) is 109. The zero-order valence-electron chi connectivity index (χ0n) is 50.2. The molecule has 0 fully saturated rings. The fraction of sp³-hybridized carbons (Fsp3) is 0.0233. The zero-order valence-corrected chi connectivity index (χ0v) is 50.2. The molecule has 0 bridgehead atoms. The number of hydrogen-bond acceptors (Lipinski definition) is 3. The second-order valence-electron chi connectivity index (χ2n) is 24.5. The van der Waals surface area contributed by atoms with E-state index in [1.165, 1.54) is 32.9 Å². The molecule has 0 saturated heterocycles. The first kappa shape index (κ1) is 52.1. The summed E-state index contributed by atoms with van der Waals surface area (Å²) in [6.07, 6.45) is 3.74. The topological polar surface area (TPSA) is 35.5 Å². The Morgan fingerprint density at radius 1 is 0.380 bits per heavy atom. The van der Waals surface area contributed by atoms with Gasteiger partial charge >= 0.3 is 0 Å². The smallest absolute Gasteiger partial charge is 0.256 e. The molecule has 0 amide bonds. The van der Waals surface area contributed by atoms with E-state index in [9.17, 15) is 0 Å². The van der Waals surface area contributed by atoms with E-state index in [1.807, 2.05) is 6.08 Å². The number of aryl methyl sites for hydroxylation is 1. The van der Waals surface area contributed by atoms with Crippen LogP contribution in [0.4, 0.5) is 17.1 Å². The van der Waals surface area contributed by atoms with Gasteiger partial charge in [0.2, 0.25) is 0 Å². The number of para-hydroxylation sites is 6. The molecule has 0 aliphatic carbocycles. The van der Waals surface area contributed by atoms with Gasteiger partial charge in [0.1, 0.15) is 22.7 Å². The van der Waals surface area contributed by atoms with E-state index in [-0.39, 0.29) is 6.71 Å². The SMILES string of the molecule is C=CCCc1cc2ccccc2n1-c1ccc2c(c1)Oc1cc(-n3c4ccccc4c4ccccc43)cc3c1B2c1ccc(-c2c4ccccc4c(-c4cccc5c4oc4ccccc45)c4ccccc24)cc1N3c1c(-c2ccccc2)cccc1-c1ccccc1. The standard InChI is InChI=1S/C86H56BN3O2/c1-2-3-29-58-49-56-28-10-18-41-74(56)88(58)59-46-48-73-80(52-59)91-81-53-60(89-75-42-19-15-30-63(75)64-31-16-20-43-76(64)89)51-78-84(81)87(73)72-47-45-57(50-77(72)90(78)85-61(54-24-6-4-7-25-54)37-22-38-62(85)55-26-8-5-9-27-55)82-66-33-11-13-35-68(66)83(69-36-14-12-34-67(69)82)71-40-23-39-70-65-32-17-21-44-79(65)92-86(70)71/h2,4-28,30-53H,1,3,29H2. The van der Waals surface area contributed by atoms with E-state index in [0.717, 1.165) is 163 Å². The maximum Gasteiger partial charge on any atom is 0.256 e. The number of furan rings is 1. The number of rotatable bonds is 10. The second-order valence-corrected chi connectivity index (χ2v) is 24.5. The predicted molar refractivity (Wildman–Crippen MR) is 386 cm³/mol. The molecule has 430 valence electrons. The minimum Gasteiger partial charge on any atom is -0.458 e. The average molecular weight is 1170 g/mol. The highest BCUT2D eigenvalue weighted by Crippen LogP contribution is 2.53. The first-order valence-corrected chi connectivity index (χ1v) is 31.8. The van der Waals surface area contributed by atoms with E-state index >= 15 is 0 Å². The van der Waals surface area contributed by atoms with Crippen LogP contribution in [-0.4, -0.2) is 15.8 Å². The molecule has 0 radical (unpaired) electrons. The van der Waals surface area contributed by atoms with Gasteiger partial charge in [-0.15, -0.1) is 6.58 Å². The van der Waals surface area contributed by atoms with Crippen molar-refractivity contribution in [3.05, 3.63) is 316 Å². The van der Waals surface area contributed by atoms with Crippen LogP contribution in [0.15, 0.2) is 314 Å². The van der Waals surface area contributed by atoms with Crippen LogP contribution in [0.25, 0.3) is 132 Å². The molecule has 92 heavy (non-hydrogen) atoms. The van der Waals surface area contributed by atoms with E-state index in [0.29, 0.717) is 0 Å². The third-order valence-electron chi connectivity index (χ3n) is 19.6. The highest BCUT2D eigenvalue weighted by Gasteiger charge is 2.44. The summed E-state index contributed by atoms with van der Waals surface area (Å²) in [6.45, 7) is 3.90. The average Bonchev–Trinajstić information content (AvgIpc) is 0.775. The first-order valence-electron chi connectivity index (χ1n) is 31.8. The molecule has 5 nitrogen and oxygen atoms in total. The monoisotopic (exact) mass is 1170 g/mol. The Kier molecular flexibility index (Phi) is 11.7. The number of allylic oxidation sites excluding steroid dienone is 1. The van der Waals surface area contributed by atoms with Crippen molar-refractivity contribution in [3.63, 3.8) is 0 Å². The van der Waals surface area contributed by atoms with Crippen molar-refractivity contribution in [1.29, 1.82) is 0 Å². The van der Waals surface area contributed by atoms with Crippen LogP contribution in [0.3, 0.4) is 0 Å². The van der Waals surface area contributed by atoms with Gasteiger partial charge in [-0.3, -0.25) is 0 Å². The van der Waals surface area contributed by atoms with Crippen LogP contribution in [0.2, 0.25) is 0 Å². The van der Waals surface area contributed by atoms with Crippen molar-refractivity contribution in [1.82, 2.24) is 9.13 Å². The van der Waals surface area contributed by atoms with Gasteiger partial charge in [-0.1, -0.05) is 243 Å². The third-order valence-corrected chi connectivity index (χ3v) is 19.6. The Morgan fingerprint density at radius 2 is 0.935 bits per heavy atom. The molecular formula is C86H56BN3O2. The number of nitrogens with zero attached hydrogens (tertiary/aromatic N) is 3. The predicted octanol–water partition coefficient (Wildman–Crippen LogP) is 21.1. The van der Waals surface area contributed by atoms with Gasteiger partial charge in [0.25, 0.3) is 6.71 Å². The maximum atomic E-state index is 7.69. The quantitative estimate of drug-likeness (QED) is 0.0778. The van der Waals surface area contributed by atoms with Crippen molar-refractivity contribution >= 4 is 116 Å². The zero-order chi connectivity index (χ0) is 60.5. The van der Waals surface area contributed by atoms with Gasteiger partial charge in [0.15, 0.2) is 0 Å². The summed E-state index contributed by atoms with van der Waals surface area (Å²) < 4.78 is 19.4. The van der Waals surface area contributed by atoms with Crippen LogP contribution in [0, 0.1) is 0 Å². The molecule has 6 heteroatoms. The summed E-state index contributed by atoms with van der Waals surface area (Å²) in [7, 11) is 0. The van der Waals surface area contributed by atoms with E-state index in [1.54, 1.807) is 0 Å². The lowest BCUT2D eigenvalue weighted by molar-refractivity contribution is 0.487. The van der Waals surface area contributed by atoms with Crippen LogP contribution >= 0.6 is 0 Å². The lowest BCUT2D eigenvalue weighted by atomic mass is 9.34. The maximum absolute atomic E-state index is 7.69. The number of aromatic nitrogens is 2. The third kappa shape index (κ3) is 7.80. The van der Waals surface area contributed by atoms with Crippen molar-refractivity contribution < 1.29 is 9.15 Å². The highest BCUT2D eigenvalue weighted by atomic mass is 16.5. The molecule has 3 aromatic heterocycles. The summed E-state index contributed by atoms with van der Waals surface area (Å²) in [5, 5.41) is 10.5. The normalized spacial score (nSPS) is 12.5. The van der Waals surface area contributed by atoms with Crippen LogP contribution in [0.5, 0.6) is 11.5 Å². The van der Waals surface area contributed by atoms with Crippen molar-refractivity contribution in [2.45, 2.75) is 12.8 Å². The lowest BCUT2D eigenvalue weighted by Gasteiger charge is -2.42. The second kappa shape index (κ2) is 20.6. The fourth-order valence-corrected chi connectivity index (χ4v) is 15.7. The molecule has 19 rings (SSSR count). The minimum atomic E-state index is -0.226. The van der Waals surface area contributed by atoms with Crippen molar-refractivity contribution in [2.24, 2.45) is 0 Å². The summed E-state index contributed by atoms with van der Waals surface area (Å²) in [5.41, 5.74) is 24.1. The van der Waals surface area contributed by atoms with Gasteiger partial charge < -0.3 is 23.2 Å². The molecule has 14 aromatic carbocycles. The molecule has 2 aliphatic rings. The van der Waals surface area contributed by atoms with E-state index < -0.39 is 0 Å². The minimum absolute atomic E-state index is 0.226. The van der Waals surface area contributed by atoms with Gasteiger partial charge in [-0.05, 0) is 122 Å². The van der Waals surface area contributed by atoms with Gasteiger partial charge in [0, 0.05) is 84.1 Å². The summed E-state index contributed by atoms with van der Waals surface area (Å²) in [5.74, 6) is 1.66. The first-order chi connectivity index (χ1) is 45.6. The molecule has 0 saturated carbocycles. The molecule has 0 atom stereocenters. The molecular weight excluding hydrogens is 1120 g/mol. The van der Waals surface area contributed by atoms with E-state index in [4.69, 9.17) is 9.15 Å². The van der Waals surface area contributed by atoms with Gasteiger partial charge in [-0.25, -0.2) is 0 Å². The Morgan fingerprint density at radius 3 is 1.62 bits per heavy atom. The Labute approximate surface area is 532 Å². The Bertz CT molecular complexity index is 5750. The summed E-state index contributed by atoms with van der Waals surface area (Å²) in [4.78, 5) is 2.61. The number of anilines is 3. The summed E-state index contributed by atoms with van der Waals surface area (Å²) >= 11 is 0. The van der Waals surface area contributed by atoms with Gasteiger partial charge in [-0.2, -0.15) is 0 Å². The largest absolute Gasteiger partial charge is 0.458 e. The van der Waals surface area contributed by atoms with Crippen LogP contribution in [-0.2, 0) is 6.42 Å². The van der Waals surface area contributed by atoms with E-state index in [2.05, 4.69) is 318 Å². The Balaban J connectivity index is 0.929. The molecule has 0 N–H and O–H groups in total. The highest BCUT2D eigenvalue weighted by molar-refractivity contribution is 6.99. The molecule has 0 spiro atoms. The molecule has 5 heterocycles. The fourth-order valence-electron chi connectivity index (χ4n) is 15.7. The Hall–Kier alpha value is -11.9. The molecule has 17 aromatic rings. The van der Waals surface area contributed by atoms with Crippen molar-refractivity contribution in [3.8, 4) is 67.4 Å². The lowest BCUT2D eigenvalue weighted by Crippen LogP contribution is -2.59. The molecule has 0 unspecified atom stereocenters. The number of benzene rings is 14. The number of ether oxygens (including phenoxy) is 1. The van der Waals surface area contributed by atoms with Crippen LogP contribution in [0.1, 0.15) is 12.1 Å². The van der Waals surface area contributed by atoms with Crippen molar-refractivity contribution in [2.75, 3.05) is 4.90 Å². The molecule has 2 aliphatic heterocycles. The van der Waals surface area contributed by atoms with Crippen LogP contribution < -0.4 is 26.0 Å². The number of fused-ring (bicyclic) bond motifs is 13.